The number of anilines is 2. The van der Waals surface area contributed by atoms with E-state index in [-0.39, 0.29) is 29.7 Å². The minimum Gasteiger partial charge on any atom is -0.493 e. The van der Waals surface area contributed by atoms with Crippen LogP contribution in [0.5, 0.6) is 5.75 Å². The number of ether oxygens (including phenoxy) is 1. The molecule has 3 N–H and O–H groups in total. The van der Waals surface area contributed by atoms with Gasteiger partial charge in [-0.3, -0.25) is 9.36 Å². The van der Waals surface area contributed by atoms with Crippen LogP contribution in [0.1, 0.15) is 77.3 Å². The predicted molar refractivity (Wildman–Crippen MR) is 175 cm³/mol. The van der Waals surface area contributed by atoms with Crippen LogP contribution in [0.4, 0.5) is 16.2 Å². The summed E-state index contributed by atoms with van der Waals surface area (Å²) in [6, 6.07) is 16.8. The molecule has 0 saturated carbocycles. The third-order valence-corrected chi connectivity index (χ3v) is 7.49. The largest absolute Gasteiger partial charge is 0.493 e. The maximum atomic E-state index is 14.2. The number of para-hydroxylation sites is 1. The van der Waals surface area contributed by atoms with Crippen molar-refractivity contribution in [1.29, 1.82) is 0 Å². The molecule has 8 nitrogen and oxygen atoms in total. The molecule has 0 saturated heterocycles. The van der Waals surface area contributed by atoms with Crippen molar-refractivity contribution in [1.82, 2.24) is 9.55 Å². The number of urea groups is 1. The lowest BCUT2D eigenvalue weighted by molar-refractivity contribution is 0.233. The van der Waals surface area contributed by atoms with E-state index in [1.807, 2.05) is 54.6 Å². The van der Waals surface area contributed by atoms with Crippen molar-refractivity contribution in [2.75, 3.05) is 23.8 Å². The number of rotatable bonds is 12. The molecule has 0 aliphatic rings. The zero-order valence-corrected chi connectivity index (χ0v) is 26.1. The van der Waals surface area contributed by atoms with E-state index in [1.165, 1.54) is 0 Å². The lowest BCUT2D eigenvalue weighted by Crippen LogP contribution is -2.30. The molecule has 8 heteroatoms. The Morgan fingerprint density at radius 1 is 0.930 bits per heavy atom. The number of aromatic nitrogens is 2. The van der Waals surface area contributed by atoms with Crippen molar-refractivity contribution in [3.8, 4) is 16.9 Å². The van der Waals surface area contributed by atoms with Gasteiger partial charge in [0, 0.05) is 42.4 Å². The van der Waals surface area contributed by atoms with E-state index >= 15 is 0 Å². The van der Waals surface area contributed by atoms with E-state index in [0.717, 1.165) is 28.6 Å². The number of aliphatic hydroxyl groups excluding tert-OH is 1. The first-order valence-electron chi connectivity index (χ1n) is 15.2. The normalized spacial score (nSPS) is 11.5. The summed E-state index contributed by atoms with van der Waals surface area (Å²) in [6.45, 7) is 13.5. The Bertz CT molecular complexity index is 1600. The molecule has 2 aromatic carbocycles. The molecule has 4 rings (SSSR count). The number of fused-ring (bicyclic) bond motifs is 1. The van der Waals surface area contributed by atoms with Crippen LogP contribution in [0, 0.1) is 5.92 Å². The highest BCUT2D eigenvalue weighted by molar-refractivity contribution is 6.07. The van der Waals surface area contributed by atoms with Gasteiger partial charge in [-0.1, -0.05) is 71.9 Å². The van der Waals surface area contributed by atoms with Gasteiger partial charge in [-0.25, -0.2) is 9.78 Å². The molecule has 0 aliphatic heterocycles. The minimum absolute atomic E-state index is 0.0340. The third-order valence-electron chi connectivity index (χ3n) is 7.49. The fourth-order valence-corrected chi connectivity index (χ4v) is 5.24. The fourth-order valence-electron chi connectivity index (χ4n) is 5.24. The van der Waals surface area contributed by atoms with Crippen molar-refractivity contribution in [2.24, 2.45) is 5.92 Å². The summed E-state index contributed by atoms with van der Waals surface area (Å²) >= 11 is 0. The number of amides is 2. The highest BCUT2D eigenvalue weighted by Gasteiger charge is 2.23. The molecule has 0 atom stereocenters. The van der Waals surface area contributed by atoms with E-state index in [9.17, 15) is 14.7 Å². The van der Waals surface area contributed by atoms with Gasteiger partial charge in [0.05, 0.1) is 6.61 Å². The van der Waals surface area contributed by atoms with Gasteiger partial charge < -0.3 is 20.5 Å². The molecular weight excluding hydrogens is 540 g/mol. The van der Waals surface area contributed by atoms with Crippen LogP contribution in [-0.4, -0.2) is 33.9 Å². The molecule has 0 radical (unpaired) electrons. The standard InChI is InChI=1S/C35H44N4O4/c1-22(2)16-18-39-33-29(15-9-17-36-33)30(25-11-7-12-26(21-25)43-20-10-19-40)32(34(39)41)38-35(42)37-31-27(23(3)4)13-8-14-28(31)24(5)6/h7-9,11-15,17,21-24,40H,10,16,18-20H2,1-6H3,(H2,37,38,42). The molecule has 43 heavy (non-hydrogen) atoms. The van der Waals surface area contributed by atoms with Gasteiger partial charge in [0.1, 0.15) is 17.1 Å². The second-order valence-electron chi connectivity index (χ2n) is 11.9. The molecule has 0 fully saturated rings. The lowest BCUT2D eigenvalue weighted by Gasteiger charge is -2.22. The number of hydrogen-bond acceptors (Lipinski definition) is 5. The first-order valence-corrected chi connectivity index (χ1v) is 15.2. The van der Waals surface area contributed by atoms with Gasteiger partial charge in [-0.05, 0) is 65.1 Å². The van der Waals surface area contributed by atoms with E-state index in [2.05, 4.69) is 57.2 Å². The van der Waals surface area contributed by atoms with Crippen LogP contribution < -0.4 is 20.9 Å². The van der Waals surface area contributed by atoms with Crippen LogP contribution in [-0.2, 0) is 6.54 Å². The third kappa shape index (κ3) is 7.43. The summed E-state index contributed by atoms with van der Waals surface area (Å²) in [6.07, 6.45) is 2.97. The van der Waals surface area contributed by atoms with Crippen LogP contribution >= 0.6 is 0 Å². The van der Waals surface area contributed by atoms with Crippen LogP contribution in [0.2, 0.25) is 0 Å². The van der Waals surface area contributed by atoms with Gasteiger partial charge >= 0.3 is 6.03 Å². The quantitative estimate of drug-likeness (QED) is 0.148. The Kier molecular flexibility index (Phi) is 10.6. The zero-order valence-electron chi connectivity index (χ0n) is 26.1. The molecule has 228 valence electrons. The molecule has 2 aromatic heterocycles. The molecule has 0 spiro atoms. The van der Waals surface area contributed by atoms with Crippen molar-refractivity contribution in [3.63, 3.8) is 0 Å². The van der Waals surface area contributed by atoms with Crippen molar-refractivity contribution in [3.05, 3.63) is 82.3 Å². The number of carbonyl (C=O) groups excluding carboxylic acids is 1. The number of carbonyl (C=O) groups is 1. The second-order valence-corrected chi connectivity index (χ2v) is 11.9. The fraction of sp³-hybridized carbons (Fsp3) is 0.400. The number of aliphatic hydroxyl groups is 1. The van der Waals surface area contributed by atoms with Gasteiger partial charge in [0.2, 0.25) is 0 Å². The maximum absolute atomic E-state index is 14.2. The highest BCUT2D eigenvalue weighted by atomic mass is 16.5. The van der Waals surface area contributed by atoms with Gasteiger partial charge in [-0.2, -0.15) is 0 Å². The summed E-state index contributed by atoms with van der Waals surface area (Å²) < 4.78 is 7.52. The maximum Gasteiger partial charge on any atom is 0.323 e. The second kappa shape index (κ2) is 14.3. The molecular formula is C35H44N4O4. The molecule has 4 aromatic rings. The Balaban J connectivity index is 1.87. The number of nitrogens with zero attached hydrogens (tertiary/aromatic N) is 2. The van der Waals surface area contributed by atoms with Gasteiger partial charge in [-0.15, -0.1) is 0 Å². The number of aryl methyl sites for hydroxylation is 1. The number of nitrogens with one attached hydrogen (secondary N) is 2. The van der Waals surface area contributed by atoms with E-state index in [1.54, 1.807) is 10.8 Å². The molecule has 2 heterocycles. The monoisotopic (exact) mass is 584 g/mol. The van der Waals surface area contributed by atoms with Gasteiger partial charge in [0.25, 0.3) is 5.56 Å². The number of benzene rings is 2. The summed E-state index contributed by atoms with van der Waals surface area (Å²) in [7, 11) is 0. The van der Waals surface area contributed by atoms with E-state index < -0.39 is 6.03 Å². The summed E-state index contributed by atoms with van der Waals surface area (Å²) in [5.41, 5.74) is 4.57. The average molecular weight is 585 g/mol. The first kappa shape index (κ1) is 31.8. The molecule has 0 unspecified atom stereocenters. The summed E-state index contributed by atoms with van der Waals surface area (Å²) in [5, 5.41) is 16.0. The van der Waals surface area contributed by atoms with Crippen LogP contribution in [0.3, 0.4) is 0 Å². The van der Waals surface area contributed by atoms with Crippen molar-refractivity contribution >= 4 is 28.4 Å². The topological polar surface area (TPSA) is 105 Å². The van der Waals surface area contributed by atoms with Crippen LogP contribution in [0.25, 0.3) is 22.2 Å². The lowest BCUT2D eigenvalue weighted by atomic mass is 9.93. The number of pyridine rings is 2. The van der Waals surface area contributed by atoms with Crippen LogP contribution in [0.15, 0.2) is 65.6 Å². The molecule has 2 amide bonds. The summed E-state index contributed by atoms with van der Waals surface area (Å²) in [4.78, 5) is 32.6. The number of hydrogen-bond donors (Lipinski definition) is 3. The zero-order chi connectivity index (χ0) is 31.1. The smallest absolute Gasteiger partial charge is 0.323 e. The average Bonchev–Trinajstić information content (AvgIpc) is 2.97. The summed E-state index contributed by atoms with van der Waals surface area (Å²) in [5.74, 6) is 1.37. The SMILES string of the molecule is CC(C)CCn1c(=O)c(NC(=O)Nc2c(C(C)C)cccc2C(C)C)c(-c2cccc(OCCCO)c2)c2cccnc21. The van der Waals surface area contributed by atoms with E-state index in [0.29, 0.717) is 48.0 Å². The Hall–Kier alpha value is -4.17. The van der Waals surface area contributed by atoms with Crippen molar-refractivity contribution in [2.45, 2.75) is 72.8 Å². The van der Waals surface area contributed by atoms with E-state index in [4.69, 9.17) is 4.74 Å². The van der Waals surface area contributed by atoms with Crippen molar-refractivity contribution < 1.29 is 14.6 Å². The Labute approximate surface area is 254 Å². The predicted octanol–water partition coefficient (Wildman–Crippen LogP) is 7.76. The Morgan fingerprint density at radius 2 is 1.60 bits per heavy atom. The highest BCUT2D eigenvalue weighted by Crippen LogP contribution is 2.36. The van der Waals surface area contributed by atoms with Gasteiger partial charge in [0.15, 0.2) is 0 Å². The molecule has 0 aliphatic carbocycles. The minimum atomic E-state index is -0.484. The molecule has 0 bridgehead atoms. The Morgan fingerprint density at radius 3 is 2.26 bits per heavy atom. The first-order chi connectivity index (χ1) is 20.6.